The van der Waals surface area contributed by atoms with Crippen molar-refractivity contribution in [3.63, 3.8) is 0 Å². The predicted octanol–water partition coefficient (Wildman–Crippen LogP) is 13.3. The van der Waals surface area contributed by atoms with Crippen LogP contribution in [0.4, 0.5) is 5.69 Å². The number of nitrogens with one attached hydrogen (secondary N) is 1. The van der Waals surface area contributed by atoms with Gasteiger partial charge in [0.15, 0.2) is 45.4 Å². The first-order valence-electron chi connectivity index (χ1n) is 23.8. The van der Waals surface area contributed by atoms with Crippen LogP contribution in [0, 0.1) is 0 Å². The Bertz CT molecular complexity index is 1700. The lowest BCUT2D eigenvalue weighted by atomic mass is 9.94. The van der Waals surface area contributed by atoms with Crippen molar-refractivity contribution in [3.8, 4) is 11.4 Å². The van der Waals surface area contributed by atoms with E-state index in [9.17, 15) is 0 Å². The van der Waals surface area contributed by atoms with Crippen molar-refractivity contribution in [1.82, 2.24) is 14.9 Å². The number of anilines is 1. The van der Waals surface area contributed by atoms with E-state index in [2.05, 4.69) is 168 Å². The number of hydrogen-bond donors (Lipinski definition) is 1. The number of piperidine rings is 1. The smallest absolute Gasteiger partial charge is 0.192 e. The quantitative estimate of drug-likeness (QED) is 0.0740. The second-order valence-electron chi connectivity index (χ2n) is 24.3. The van der Waals surface area contributed by atoms with Gasteiger partial charge in [-0.1, -0.05) is 95.9 Å². The van der Waals surface area contributed by atoms with Gasteiger partial charge in [-0.25, -0.2) is 9.97 Å². The second-order valence-corrected chi connectivity index (χ2v) is 43.4. The molecule has 3 rings (SSSR count). The minimum Gasteiger partial charge on any atom is -0.415 e. The van der Waals surface area contributed by atoms with Crippen molar-refractivity contribution in [2.45, 2.75) is 212 Å². The second kappa shape index (κ2) is 21.8. The number of aromatic nitrogens is 2. The summed E-state index contributed by atoms with van der Waals surface area (Å²) in [5.74, 6) is 0.672. The molecular weight excluding hydrogens is 853 g/mol. The standard InChI is InChI=1S/C49H94N4O6Si4/c1-46(2,3)60(15,16)56-36-40-42(58-62(19,20)48(7,8)9)43(59-63(21,22)49(10,11)12)41(57-61(17,18)47(4,5)6)35-53(40)31-26-24-23-25-28-50-39-33-37(44-51-29-27-30-52-44)32-38(34-39)45(54-13)55-14/h27,29-30,32-34,40-43,45,50H,23-26,28,31,35-36H2,1-22H3/t40-,41?,42?,43?/m1/s1. The fourth-order valence-electron chi connectivity index (χ4n) is 6.92. The van der Waals surface area contributed by atoms with Gasteiger partial charge in [0.05, 0.1) is 31.0 Å². The van der Waals surface area contributed by atoms with Crippen molar-refractivity contribution in [1.29, 1.82) is 0 Å². The molecule has 1 aliphatic heterocycles. The van der Waals surface area contributed by atoms with Gasteiger partial charge in [-0.05, 0) is 116 Å². The highest BCUT2D eigenvalue weighted by Crippen LogP contribution is 2.46. The molecule has 1 saturated heterocycles. The van der Waals surface area contributed by atoms with E-state index in [0.29, 0.717) is 12.4 Å². The number of likely N-dealkylation sites (tertiary alicyclic amines) is 1. The van der Waals surface area contributed by atoms with Crippen molar-refractivity contribution in [2.24, 2.45) is 0 Å². The lowest BCUT2D eigenvalue weighted by Crippen LogP contribution is -2.70. The molecule has 1 fully saturated rings. The van der Waals surface area contributed by atoms with Crippen LogP contribution in [0.15, 0.2) is 36.7 Å². The van der Waals surface area contributed by atoms with Crippen molar-refractivity contribution < 1.29 is 27.2 Å². The van der Waals surface area contributed by atoms with Gasteiger partial charge in [0.2, 0.25) is 0 Å². The van der Waals surface area contributed by atoms with Crippen molar-refractivity contribution >= 4 is 39.0 Å². The van der Waals surface area contributed by atoms with E-state index in [0.717, 1.165) is 62.1 Å². The summed E-state index contributed by atoms with van der Waals surface area (Å²) >= 11 is 0. The lowest BCUT2D eigenvalue weighted by Gasteiger charge is -2.56. The zero-order valence-corrected chi connectivity index (χ0v) is 48.3. The van der Waals surface area contributed by atoms with E-state index < -0.39 is 39.6 Å². The number of methoxy groups -OCH3 is 2. The molecule has 0 spiro atoms. The van der Waals surface area contributed by atoms with E-state index in [1.165, 1.54) is 0 Å². The maximum absolute atomic E-state index is 7.75. The highest BCUT2D eigenvalue weighted by atomic mass is 28.4. The highest BCUT2D eigenvalue weighted by molar-refractivity contribution is 6.75. The predicted molar refractivity (Wildman–Crippen MR) is 276 cm³/mol. The molecule has 1 aromatic carbocycles. The van der Waals surface area contributed by atoms with Gasteiger partial charge in [-0.2, -0.15) is 0 Å². The van der Waals surface area contributed by atoms with Gasteiger partial charge >= 0.3 is 0 Å². The summed E-state index contributed by atoms with van der Waals surface area (Å²) in [4.78, 5) is 11.7. The number of benzene rings is 1. The van der Waals surface area contributed by atoms with Crippen molar-refractivity contribution in [3.05, 3.63) is 42.2 Å². The van der Waals surface area contributed by atoms with Crippen LogP contribution >= 0.6 is 0 Å². The third kappa shape index (κ3) is 15.1. The van der Waals surface area contributed by atoms with Gasteiger partial charge < -0.3 is 32.5 Å². The fraction of sp³-hybridized carbons (Fsp3) is 0.796. The maximum atomic E-state index is 7.75. The Kier molecular flexibility index (Phi) is 19.3. The van der Waals surface area contributed by atoms with Crippen LogP contribution in [0.2, 0.25) is 72.5 Å². The Morgan fingerprint density at radius 2 is 1.13 bits per heavy atom. The third-order valence-electron chi connectivity index (χ3n) is 15.3. The Labute approximate surface area is 390 Å². The molecule has 2 heterocycles. The molecule has 362 valence electrons. The molecule has 3 unspecified atom stereocenters. The molecule has 10 nitrogen and oxygen atoms in total. The zero-order valence-electron chi connectivity index (χ0n) is 44.3. The minimum absolute atomic E-state index is 0.0267. The molecule has 1 aromatic heterocycles. The van der Waals surface area contributed by atoms with Gasteiger partial charge in [0.25, 0.3) is 0 Å². The summed E-state index contributed by atoms with van der Waals surface area (Å²) in [6.45, 7) is 50.6. The van der Waals surface area contributed by atoms with Gasteiger partial charge in [0.1, 0.15) is 0 Å². The first kappa shape index (κ1) is 56.0. The molecule has 0 aliphatic carbocycles. The van der Waals surface area contributed by atoms with Gasteiger partial charge in [0, 0.05) is 56.5 Å². The van der Waals surface area contributed by atoms with E-state index >= 15 is 0 Å². The van der Waals surface area contributed by atoms with Crippen LogP contribution in [0.5, 0.6) is 0 Å². The Morgan fingerprint density at radius 1 is 0.635 bits per heavy atom. The molecule has 2 aromatic rings. The number of ether oxygens (including phenoxy) is 2. The number of unbranched alkanes of at least 4 members (excludes halogenated alkanes) is 3. The van der Waals surface area contributed by atoms with Crippen LogP contribution in [0.3, 0.4) is 0 Å². The summed E-state index contributed by atoms with van der Waals surface area (Å²) in [6, 6.07) is 8.12. The van der Waals surface area contributed by atoms with E-state index in [1.54, 1.807) is 26.6 Å². The Morgan fingerprint density at radius 3 is 1.63 bits per heavy atom. The summed E-state index contributed by atoms with van der Waals surface area (Å²) < 4.78 is 41.4. The molecular formula is C49H94N4O6Si4. The molecule has 0 amide bonds. The minimum atomic E-state index is -2.29. The average Bonchev–Trinajstić information content (AvgIpc) is 3.14. The third-order valence-corrected chi connectivity index (χ3v) is 33.2. The largest absolute Gasteiger partial charge is 0.415 e. The van der Waals surface area contributed by atoms with Crippen LogP contribution in [0.1, 0.15) is 121 Å². The SMILES string of the molecule is COC(OC)c1cc(NCCCCCCN2CC(O[Si](C)(C)C(C)(C)C)C(O[Si](C)(C)C(C)(C)C)C(O[Si](C)(C)C(C)(C)C)[C@H]2CO[Si](C)(C)C(C)(C)C)cc(-c2ncccn2)c1. The number of hydrogen-bond acceptors (Lipinski definition) is 10. The van der Waals surface area contributed by atoms with Crippen LogP contribution in [-0.2, 0) is 27.2 Å². The fourth-order valence-corrected chi connectivity index (χ4v) is 11.9. The Hall–Kier alpha value is -1.31. The molecule has 4 atom stereocenters. The van der Waals surface area contributed by atoms with Gasteiger partial charge in [-0.15, -0.1) is 0 Å². The van der Waals surface area contributed by atoms with Gasteiger partial charge in [-0.3, -0.25) is 4.90 Å². The number of nitrogens with zero attached hydrogens (tertiary/aromatic N) is 3. The normalized spacial score (nSPS) is 20.4. The molecule has 63 heavy (non-hydrogen) atoms. The Balaban J connectivity index is 1.96. The highest BCUT2D eigenvalue weighted by Gasteiger charge is 2.55. The summed E-state index contributed by atoms with van der Waals surface area (Å²) in [5, 5.41) is 3.88. The first-order valence-corrected chi connectivity index (χ1v) is 35.4. The van der Waals surface area contributed by atoms with Crippen LogP contribution < -0.4 is 5.32 Å². The lowest BCUT2D eigenvalue weighted by molar-refractivity contribution is -0.128. The average molecular weight is 948 g/mol. The molecule has 0 saturated carbocycles. The maximum Gasteiger partial charge on any atom is 0.192 e. The monoisotopic (exact) mass is 947 g/mol. The van der Waals surface area contributed by atoms with Crippen LogP contribution in [0.25, 0.3) is 11.4 Å². The molecule has 1 aliphatic rings. The van der Waals surface area contributed by atoms with E-state index in [4.69, 9.17) is 27.2 Å². The summed E-state index contributed by atoms with van der Waals surface area (Å²) in [7, 11) is -5.55. The number of rotatable bonds is 21. The summed E-state index contributed by atoms with van der Waals surface area (Å²) in [5.41, 5.74) is 2.85. The van der Waals surface area contributed by atoms with E-state index in [1.807, 2.05) is 12.1 Å². The molecule has 0 bridgehead atoms. The summed E-state index contributed by atoms with van der Waals surface area (Å²) in [6.07, 6.45) is 6.94. The van der Waals surface area contributed by atoms with E-state index in [-0.39, 0.29) is 44.5 Å². The zero-order chi connectivity index (χ0) is 48.0. The molecule has 1 N–H and O–H groups in total. The van der Waals surface area contributed by atoms with Crippen LogP contribution in [-0.4, -0.2) is 113 Å². The van der Waals surface area contributed by atoms with Crippen molar-refractivity contribution in [2.75, 3.05) is 45.8 Å². The first-order chi connectivity index (χ1) is 28.7. The molecule has 14 heteroatoms. The molecule has 0 radical (unpaired) electrons. The topological polar surface area (TPSA) is 96.4 Å².